The Morgan fingerprint density at radius 2 is 2.00 bits per heavy atom. The highest BCUT2D eigenvalue weighted by molar-refractivity contribution is 5.79. The van der Waals surface area contributed by atoms with E-state index < -0.39 is 0 Å². The molecule has 0 amide bonds. The highest BCUT2D eigenvalue weighted by Crippen LogP contribution is 2.15. The van der Waals surface area contributed by atoms with Gasteiger partial charge in [0.25, 0.3) is 0 Å². The molecular formula is C18H36N4O3. The molecule has 0 aromatic rings. The predicted octanol–water partition coefficient (Wildman–Crippen LogP) is 0.705. The van der Waals surface area contributed by atoms with Gasteiger partial charge in [0, 0.05) is 57.9 Å². The number of nitrogens with zero attached hydrogens (tertiary/aromatic N) is 2. The number of ether oxygens (including phenoxy) is 3. The number of rotatable bonds is 9. The van der Waals surface area contributed by atoms with Crippen LogP contribution in [0.3, 0.4) is 0 Å². The highest BCUT2D eigenvalue weighted by atomic mass is 16.5. The molecule has 0 bridgehead atoms. The lowest BCUT2D eigenvalue weighted by Crippen LogP contribution is -2.56. The summed E-state index contributed by atoms with van der Waals surface area (Å²) in [6.45, 7) is 13.2. The number of hydrogen-bond donors (Lipinski definition) is 2. The van der Waals surface area contributed by atoms with E-state index in [4.69, 9.17) is 14.2 Å². The molecule has 0 aliphatic carbocycles. The Labute approximate surface area is 152 Å². The molecule has 1 unspecified atom stereocenters. The Kier molecular flexibility index (Phi) is 8.95. The summed E-state index contributed by atoms with van der Waals surface area (Å²) in [6, 6.07) is 0. The average molecular weight is 357 g/mol. The Morgan fingerprint density at radius 3 is 2.68 bits per heavy atom. The van der Waals surface area contributed by atoms with E-state index in [1.807, 2.05) is 7.05 Å². The lowest BCUT2D eigenvalue weighted by Gasteiger charge is -2.41. The lowest BCUT2D eigenvalue weighted by molar-refractivity contribution is -0.00834. The second-order valence-corrected chi connectivity index (χ2v) is 7.42. The van der Waals surface area contributed by atoms with E-state index in [0.29, 0.717) is 5.92 Å². The largest absolute Gasteiger partial charge is 0.381 e. The number of hydrogen-bond acceptors (Lipinski definition) is 5. The number of guanidine groups is 1. The summed E-state index contributed by atoms with van der Waals surface area (Å²) in [5.74, 6) is 1.44. The van der Waals surface area contributed by atoms with E-state index in [2.05, 4.69) is 34.4 Å². The van der Waals surface area contributed by atoms with Crippen molar-refractivity contribution >= 4 is 5.96 Å². The van der Waals surface area contributed by atoms with E-state index in [1.165, 1.54) is 0 Å². The Hall–Kier alpha value is -0.890. The van der Waals surface area contributed by atoms with Gasteiger partial charge in [-0.1, -0.05) is 0 Å². The molecule has 0 aromatic carbocycles. The normalized spacial score (nSPS) is 23.0. The smallest absolute Gasteiger partial charge is 0.191 e. The third-order valence-electron chi connectivity index (χ3n) is 4.91. The molecule has 2 N–H and O–H groups in total. The first-order valence-electron chi connectivity index (χ1n) is 9.54. The van der Waals surface area contributed by atoms with Crippen molar-refractivity contribution in [2.24, 2.45) is 10.9 Å². The molecule has 7 nitrogen and oxygen atoms in total. The van der Waals surface area contributed by atoms with Crippen LogP contribution < -0.4 is 10.6 Å². The molecule has 2 saturated heterocycles. The van der Waals surface area contributed by atoms with Gasteiger partial charge in [-0.3, -0.25) is 9.89 Å². The predicted molar refractivity (Wildman–Crippen MR) is 100 cm³/mol. The molecule has 0 saturated carbocycles. The molecule has 7 heteroatoms. The molecule has 2 rings (SSSR count). The van der Waals surface area contributed by atoms with Gasteiger partial charge in [-0.05, 0) is 26.7 Å². The van der Waals surface area contributed by atoms with Crippen molar-refractivity contribution in [1.82, 2.24) is 15.5 Å². The summed E-state index contributed by atoms with van der Waals surface area (Å²) >= 11 is 0. The van der Waals surface area contributed by atoms with Crippen LogP contribution in [0.25, 0.3) is 0 Å². The molecule has 1 atom stereocenters. The summed E-state index contributed by atoms with van der Waals surface area (Å²) in [6.07, 6.45) is 2.11. The summed E-state index contributed by atoms with van der Waals surface area (Å²) < 4.78 is 16.5. The second-order valence-electron chi connectivity index (χ2n) is 7.42. The van der Waals surface area contributed by atoms with Crippen molar-refractivity contribution in [3.63, 3.8) is 0 Å². The first-order valence-corrected chi connectivity index (χ1v) is 9.54. The van der Waals surface area contributed by atoms with Crippen LogP contribution in [-0.2, 0) is 14.2 Å². The van der Waals surface area contributed by atoms with Crippen molar-refractivity contribution in [1.29, 1.82) is 0 Å². The first-order chi connectivity index (χ1) is 12.1. The van der Waals surface area contributed by atoms with Gasteiger partial charge >= 0.3 is 0 Å². The average Bonchev–Trinajstić information content (AvgIpc) is 3.14. The van der Waals surface area contributed by atoms with Crippen molar-refractivity contribution in [3.05, 3.63) is 0 Å². The van der Waals surface area contributed by atoms with E-state index >= 15 is 0 Å². The summed E-state index contributed by atoms with van der Waals surface area (Å²) in [5, 5.41) is 6.81. The van der Waals surface area contributed by atoms with Gasteiger partial charge in [-0.2, -0.15) is 0 Å². The molecule has 2 fully saturated rings. The SMILES string of the molecule is CN=C(NCCCOCC1CCOC1)NCC(C)(C)N1CCOCC1. The Balaban J connectivity index is 1.55. The lowest BCUT2D eigenvalue weighted by atomic mass is 10.0. The molecule has 146 valence electrons. The number of morpholine rings is 1. The van der Waals surface area contributed by atoms with Crippen LogP contribution in [0.4, 0.5) is 0 Å². The summed E-state index contributed by atoms with van der Waals surface area (Å²) in [7, 11) is 1.81. The topological polar surface area (TPSA) is 67.4 Å². The minimum Gasteiger partial charge on any atom is -0.381 e. The highest BCUT2D eigenvalue weighted by Gasteiger charge is 2.28. The maximum atomic E-state index is 5.73. The molecule has 0 spiro atoms. The standard InChI is InChI=1S/C18H36N4O3/c1-18(2,22-7-11-23-12-8-22)15-21-17(19-3)20-6-4-9-24-13-16-5-10-25-14-16/h16H,4-15H2,1-3H3,(H2,19,20,21). The summed E-state index contributed by atoms with van der Waals surface area (Å²) in [5.41, 5.74) is 0.0772. The number of nitrogens with one attached hydrogen (secondary N) is 2. The van der Waals surface area contributed by atoms with Gasteiger partial charge in [0.2, 0.25) is 0 Å². The van der Waals surface area contributed by atoms with Crippen molar-refractivity contribution < 1.29 is 14.2 Å². The first kappa shape index (κ1) is 20.4. The molecular weight excluding hydrogens is 320 g/mol. The van der Waals surface area contributed by atoms with Gasteiger partial charge in [-0.25, -0.2) is 0 Å². The van der Waals surface area contributed by atoms with Crippen LogP contribution in [0.15, 0.2) is 4.99 Å². The molecule has 2 aliphatic heterocycles. The zero-order valence-electron chi connectivity index (χ0n) is 16.2. The number of aliphatic imine (C=N–C) groups is 1. The van der Waals surface area contributed by atoms with Crippen molar-refractivity contribution in [2.45, 2.75) is 32.2 Å². The molecule has 0 aromatic heterocycles. The summed E-state index contributed by atoms with van der Waals surface area (Å²) in [4.78, 5) is 6.78. The van der Waals surface area contributed by atoms with Crippen LogP contribution in [-0.4, -0.2) is 89.3 Å². The molecule has 2 aliphatic rings. The maximum absolute atomic E-state index is 5.73. The van der Waals surface area contributed by atoms with Crippen molar-refractivity contribution in [3.8, 4) is 0 Å². The van der Waals surface area contributed by atoms with Crippen LogP contribution in [0.2, 0.25) is 0 Å². The van der Waals surface area contributed by atoms with Gasteiger partial charge in [0.15, 0.2) is 5.96 Å². The van der Waals surface area contributed by atoms with Crippen LogP contribution in [0.1, 0.15) is 26.7 Å². The Morgan fingerprint density at radius 1 is 1.20 bits per heavy atom. The molecule has 25 heavy (non-hydrogen) atoms. The maximum Gasteiger partial charge on any atom is 0.191 e. The fourth-order valence-electron chi connectivity index (χ4n) is 3.15. The van der Waals surface area contributed by atoms with E-state index in [1.54, 1.807) is 0 Å². The Bertz CT molecular complexity index is 392. The zero-order chi connectivity index (χ0) is 18.0. The molecule has 2 heterocycles. The van der Waals surface area contributed by atoms with Crippen LogP contribution >= 0.6 is 0 Å². The zero-order valence-corrected chi connectivity index (χ0v) is 16.2. The van der Waals surface area contributed by atoms with Gasteiger partial charge in [0.05, 0.1) is 26.4 Å². The fraction of sp³-hybridized carbons (Fsp3) is 0.944. The fourth-order valence-corrected chi connectivity index (χ4v) is 3.15. The third kappa shape index (κ3) is 7.48. The monoisotopic (exact) mass is 356 g/mol. The molecule has 0 radical (unpaired) electrons. The minimum absolute atomic E-state index is 0.0772. The van der Waals surface area contributed by atoms with Crippen LogP contribution in [0, 0.1) is 5.92 Å². The van der Waals surface area contributed by atoms with Crippen LogP contribution in [0.5, 0.6) is 0 Å². The quantitative estimate of drug-likeness (QED) is 0.360. The minimum atomic E-state index is 0.0772. The van der Waals surface area contributed by atoms with E-state index in [9.17, 15) is 0 Å². The van der Waals surface area contributed by atoms with Gasteiger partial charge < -0.3 is 24.8 Å². The third-order valence-corrected chi connectivity index (χ3v) is 4.91. The van der Waals surface area contributed by atoms with E-state index in [0.717, 1.165) is 84.6 Å². The van der Waals surface area contributed by atoms with E-state index in [-0.39, 0.29) is 5.54 Å². The van der Waals surface area contributed by atoms with Crippen molar-refractivity contribution in [2.75, 3.05) is 72.9 Å². The van der Waals surface area contributed by atoms with Gasteiger partial charge in [0.1, 0.15) is 0 Å². The second kappa shape index (κ2) is 11.0. The van der Waals surface area contributed by atoms with Gasteiger partial charge in [-0.15, -0.1) is 0 Å².